The van der Waals surface area contributed by atoms with E-state index in [2.05, 4.69) is 0 Å². The van der Waals surface area contributed by atoms with Crippen molar-refractivity contribution >= 4 is 11.9 Å². The maximum Gasteiger partial charge on any atom is 0.235 e. The van der Waals surface area contributed by atoms with E-state index in [1.165, 1.54) is 7.11 Å². The molecule has 6 nitrogen and oxygen atoms in total. The van der Waals surface area contributed by atoms with Gasteiger partial charge in [0.15, 0.2) is 19.3 Å². The Bertz CT molecular complexity index is 870. The molecule has 2 aromatic carbocycles. The number of hydrogen-bond donors (Lipinski definition) is 0. The second-order valence-electron chi connectivity index (χ2n) is 6.06. The number of methoxy groups -OCH3 is 2. The average molecular weight is 370 g/mol. The first-order chi connectivity index (χ1) is 13.1. The summed E-state index contributed by atoms with van der Waals surface area (Å²) in [6, 6.07) is 9.52. The highest BCUT2D eigenvalue weighted by Crippen LogP contribution is 2.48. The molecule has 142 valence electrons. The third-order valence-electron chi connectivity index (χ3n) is 4.22. The van der Waals surface area contributed by atoms with E-state index in [-0.39, 0.29) is 25.1 Å². The van der Waals surface area contributed by atoms with Gasteiger partial charge in [-0.2, -0.15) is 0 Å². The molecule has 27 heavy (non-hydrogen) atoms. The number of carbonyl (C=O) groups excluding carboxylic acids is 1. The number of Topliss-reactive ketones (excluding diaryl/α,β-unsaturated/α-hetero) is 1. The van der Waals surface area contributed by atoms with E-state index in [1.807, 2.05) is 44.2 Å². The van der Waals surface area contributed by atoms with Crippen LogP contribution in [0, 0.1) is 13.8 Å². The van der Waals surface area contributed by atoms with Crippen molar-refractivity contribution in [3.05, 3.63) is 58.3 Å². The first-order valence-electron chi connectivity index (χ1n) is 8.48. The molecule has 0 aromatic heterocycles. The Morgan fingerprint density at radius 2 is 1.56 bits per heavy atom. The number of fused-ring (bicyclic) bond motifs is 1. The number of rotatable bonds is 7. The Kier molecular flexibility index (Phi) is 5.78. The summed E-state index contributed by atoms with van der Waals surface area (Å²) in [5, 5.41) is 0. The Morgan fingerprint density at radius 1 is 0.926 bits per heavy atom. The van der Waals surface area contributed by atoms with Crippen LogP contribution in [0.3, 0.4) is 0 Å². The van der Waals surface area contributed by atoms with E-state index < -0.39 is 0 Å². The lowest BCUT2D eigenvalue weighted by Crippen LogP contribution is -2.09. The van der Waals surface area contributed by atoms with Gasteiger partial charge < -0.3 is 23.7 Å². The lowest BCUT2D eigenvalue weighted by molar-refractivity contribution is 0.0443. The quantitative estimate of drug-likeness (QED) is 0.544. The van der Waals surface area contributed by atoms with Crippen LogP contribution in [-0.2, 0) is 9.47 Å². The van der Waals surface area contributed by atoms with Gasteiger partial charge in [0.2, 0.25) is 5.78 Å². The summed E-state index contributed by atoms with van der Waals surface area (Å²) in [6.45, 7) is 3.75. The minimum Gasteiger partial charge on any atom is -0.467 e. The van der Waals surface area contributed by atoms with Gasteiger partial charge in [-0.15, -0.1) is 0 Å². The van der Waals surface area contributed by atoms with Crippen LogP contribution in [-0.4, -0.2) is 33.6 Å². The number of ether oxygens (including phenoxy) is 5. The maximum absolute atomic E-state index is 13.0. The fourth-order valence-corrected chi connectivity index (χ4v) is 3.01. The summed E-state index contributed by atoms with van der Waals surface area (Å²) >= 11 is 0. The van der Waals surface area contributed by atoms with Crippen LogP contribution in [0.25, 0.3) is 6.08 Å². The zero-order chi connectivity index (χ0) is 19.4. The fraction of sp³-hybridized carbons (Fsp3) is 0.286. The molecule has 0 bridgehead atoms. The molecule has 0 fully saturated rings. The molecule has 0 aliphatic carbocycles. The smallest absolute Gasteiger partial charge is 0.235 e. The molecule has 0 unspecified atom stereocenters. The zero-order valence-electron chi connectivity index (χ0n) is 15.8. The summed E-state index contributed by atoms with van der Waals surface area (Å²) in [4.78, 5) is 13.0. The van der Waals surface area contributed by atoms with Crippen LogP contribution < -0.4 is 14.2 Å². The number of benzene rings is 2. The van der Waals surface area contributed by atoms with Crippen LogP contribution in [0.2, 0.25) is 0 Å². The maximum atomic E-state index is 13.0. The van der Waals surface area contributed by atoms with E-state index in [0.717, 1.165) is 5.56 Å². The second-order valence-corrected chi connectivity index (χ2v) is 6.06. The Balaban J connectivity index is 2.10. The Labute approximate surface area is 158 Å². The SMILES string of the molecule is COCOc1c(C)c(OCOC)c2c(c1C)OC(=Cc1ccccc1)C2=O. The molecular weight excluding hydrogens is 348 g/mol. The Morgan fingerprint density at radius 3 is 2.19 bits per heavy atom. The molecule has 6 heteroatoms. The van der Waals surface area contributed by atoms with Crippen LogP contribution in [0.15, 0.2) is 36.1 Å². The molecule has 1 aliphatic rings. The largest absolute Gasteiger partial charge is 0.467 e. The highest BCUT2D eigenvalue weighted by atomic mass is 16.7. The molecule has 1 heterocycles. The van der Waals surface area contributed by atoms with Gasteiger partial charge in [0, 0.05) is 25.3 Å². The van der Waals surface area contributed by atoms with Crippen molar-refractivity contribution in [1.82, 2.24) is 0 Å². The number of hydrogen-bond acceptors (Lipinski definition) is 6. The molecule has 0 radical (unpaired) electrons. The molecule has 0 spiro atoms. The summed E-state index contributed by atoms with van der Waals surface area (Å²) in [7, 11) is 3.06. The van der Waals surface area contributed by atoms with Gasteiger partial charge in [-0.25, -0.2) is 0 Å². The topological polar surface area (TPSA) is 63.2 Å². The van der Waals surface area contributed by atoms with Crippen molar-refractivity contribution in [2.24, 2.45) is 0 Å². The van der Waals surface area contributed by atoms with E-state index in [4.69, 9.17) is 23.7 Å². The lowest BCUT2D eigenvalue weighted by Gasteiger charge is -2.18. The van der Waals surface area contributed by atoms with Gasteiger partial charge in [0.1, 0.15) is 22.8 Å². The van der Waals surface area contributed by atoms with E-state index >= 15 is 0 Å². The standard InChI is InChI=1S/C21H22O6/c1-13-19(25-11-23-3)14(2)21-17(20(13)26-12-24-4)18(22)16(27-21)10-15-8-6-5-7-9-15/h5-10H,11-12H2,1-4H3. The third-order valence-corrected chi connectivity index (χ3v) is 4.22. The molecule has 0 amide bonds. The third kappa shape index (κ3) is 3.67. The second kappa shape index (κ2) is 8.24. The van der Waals surface area contributed by atoms with Crippen molar-refractivity contribution in [1.29, 1.82) is 0 Å². The van der Waals surface area contributed by atoms with Gasteiger partial charge in [-0.3, -0.25) is 4.79 Å². The van der Waals surface area contributed by atoms with Gasteiger partial charge in [-0.05, 0) is 25.5 Å². The Hall–Kier alpha value is -2.83. The number of ketones is 1. The highest BCUT2D eigenvalue weighted by molar-refractivity contribution is 6.17. The minimum atomic E-state index is -0.232. The van der Waals surface area contributed by atoms with Crippen molar-refractivity contribution in [2.45, 2.75) is 13.8 Å². The molecule has 1 aliphatic heterocycles. The average Bonchev–Trinajstić information content (AvgIpc) is 2.99. The predicted octanol–water partition coefficient (Wildman–Crippen LogP) is 3.89. The first-order valence-corrected chi connectivity index (χ1v) is 8.48. The fourth-order valence-electron chi connectivity index (χ4n) is 3.01. The van der Waals surface area contributed by atoms with Gasteiger partial charge in [0.05, 0.1) is 0 Å². The summed E-state index contributed by atoms with van der Waals surface area (Å²) in [6.07, 6.45) is 1.72. The van der Waals surface area contributed by atoms with Gasteiger partial charge in [0.25, 0.3) is 0 Å². The van der Waals surface area contributed by atoms with E-state index in [9.17, 15) is 4.79 Å². The predicted molar refractivity (Wildman–Crippen MR) is 100 cm³/mol. The van der Waals surface area contributed by atoms with E-state index in [0.29, 0.717) is 33.9 Å². The van der Waals surface area contributed by atoms with Gasteiger partial charge >= 0.3 is 0 Å². The van der Waals surface area contributed by atoms with Crippen molar-refractivity contribution in [3.8, 4) is 17.2 Å². The van der Waals surface area contributed by atoms with Crippen LogP contribution in [0.4, 0.5) is 0 Å². The summed E-state index contributed by atoms with van der Waals surface area (Å²) in [5.41, 5.74) is 2.67. The van der Waals surface area contributed by atoms with Crippen molar-refractivity contribution in [3.63, 3.8) is 0 Å². The van der Waals surface area contributed by atoms with Crippen LogP contribution in [0.1, 0.15) is 27.0 Å². The summed E-state index contributed by atoms with van der Waals surface area (Å²) < 4.78 is 27.3. The normalized spacial score (nSPS) is 14.2. The first kappa shape index (κ1) is 18.9. The zero-order valence-corrected chi connectivity index (χ0v) is 15.8. The van der Waals surface area contributed by atoms with Gasteiger partial charge in [-0.1, -0.05) is 30.3 Å². The lowest BCUT2D eigenvalue weighted by atomic mass is 10.00. The minimum absolute atomic E-state index is 0.00503. The molecule has 0 saturated carbocycles. The highest BCUT2D eigenvalue weighted by Gasteiger charge is 2.36. The molecule has 2 aromatic rings. The van der Waals surface area contributed by atoms with Crippen LogP contribution in [0.5, 0.6) is 17.2 Å². The van der Waals surface area contributed by atoms with Crippen molar-refractivity contribution < 1.29 is 28.5 Å². The molecule has 0 N–H and O–H groups in total. The molecule has 0 saturated heterocycles. The molecular formula is C21H22O6. The molecule has 0 atom stereocenters. The van der Waals surface area contributed by atoms with Crippen molar-refractivity contribution in [2.75, 3.05) is 27.8 Å². The number of allylic oxidation sites excluding steroid dienone is 1. The van der Waals surface area contributed by atoms with Crippen LogP contribution >= 0.6 is 0 Å². The number of carbonyl (C=O) groups is 1. The van der Waals surface area contributed by atoms with E-state index in [1.54, 1.807) is 13.2 Å². The summed E-state index contributed by atoms with van der Waals surface area (Å²) in [5.74, 6) is 1.40. The molecule has 3 rings (SSSR count). The monoisotopic (exact) mass is 370 g/mol.